The minimum atomic E-state index is -0.173. The third-order valence-electron chi connectivity index (χ3n) is 15.5. The summed E-state index contributed by atoms with van der Waals surface area (Å²) in [5.74, 6) is 1.96. The number of fused-ring (bicyclic) bond motifs is 10. The Labute approximate surface area is 378 Å². The number of benzene rings is 7. The van der Waals surface area contributed by atoms with Gasteiger partial charge in [-0.2, -0.15) is 9.97 Å². The van der Waals surface area contributed by atoms with Gasteiger partial charge in [0.25, 0.3) is 0 Å². The fourth-order valence-corrected chi connectivity index (χ4v) is 11.1. The van der Waals surface area contributed by atoms with Gasteiger partial charge in [0.15, 0.2) is 11.6 Å². The first-order chi connectivity index (χ1) is 30.2. The summed E-state index contributed by atoms with van der Waals surface area (Å²) in [6.07, 6.45) is 0. The summed E-state index contributed by atoms with van der Waals surface area (Å²) < 4.78 is 4.87. The van der Waals surface area contributed by atoms with Gasteiger partial charge < -0.3 is 4.57 Å². The normalized spacial score (nSPS) is 13.0. The van der Waals surface area contributed by atoms with Crippen LogP contribution < -0.4 is 54.6 Å². The molecule has 0 aliphatic heterocycles. The van der Waals surface area contributed by atoms with Crippen molar-refractivity contribution in [1.29, 1.82) is 0 Å². The zero-order chi connectivity index (χ0) is 44.0. The predicted octanol–water partition coefficient (Wildman–Crippen LogP) is -5.71. The van der Waals surface area contributed by atoms with Crippen molar-refractivity contribution in [1.82, 2.24) is 24.1 Å². The molecule has 7 aromatic carbocycles. The highest BCUT2D eigenvalue weighted by atomic mass is 15.2. The molecule has 0 atom stereocenters. The van der Waals surface area contributed by atoms with Crippen molar-refractivity contribution >= 4 is 177 Å². The minimum Gasteiger partial charge on any atom is -0.308 e. The number of hydrogen-bond donors (Lipinski definition) is 0. The van der Waals surface area contributed by atoms with Gasteiger partial charge in [0.2, 0.25) is 5.95 Å². The van der Waals surface area contributed by atoms with E-state index in [2.05, 4.69) is 205 Å². The van der Waals surface area contributed by atoms with Gasteiger partial charge in [-0.25, -0.2) is 4.98 Å². The van der Waals surface area contributed by atoms with E-state index in [1.165, 1.54) is 98.9 Å². The van der Waals surface area contributed by atoms with Crippen molar-refractivity contribution in [2.75, 3.05) is 0 Å². The summed E-state index contributed by atoms with van der Waals surface area (Å²) in [4.78, 5) is 16.7. The van der Waals surface area contributed by atoms with Crippen LogP contribution >= 0.6 is 0 Å². The molecule has 10 aromatic rings. The molecule has 0 radical (unpaired) electrons. The van der Waals surface area contributed by atoms with Crippen molar-refractivity contribution in [2.24, 2.45) is 0 Å². The Kier molecular flexibility index (Phi) is 8.74. The van der Waals surface area contributed by atoms with Crippen molar-refractivity contribution in [3.05, 3.63) is 114 Å². The molecule has 290 valence electrons. The van der Waals surface area contributed by atoms with Crippen molar-refractivity contribution in [3.63, 3.8) is 0 Å². The van der Waals surface area contributed by atoms with E-state index in [-0.39, 0.29) is 5.41 Å². The van der Waals surface area contributed by atoms with E-state index in [4.69, 9.17) is 15.0 Å². The molecule has 0 N–H and O–H groups in total. The van der Waals surface area contributed by atoms with Crippen LogP contribution in [0.3, 0.4) is 0 Å². The zero-order valence-electron chi connectivity index (χ0n) is 38.6. The topological polar surface area (TPSA) is 48.5 Å². The maximum atomic E-state index is 5.61. The number of hydrogen-bond acceptors (Lipinski definition) is 3. The minimum absolute atomic E-state index is 0.173. The van der Waals surface area contributed by atoms with Crippen LogP contribution in [0.1, 0.15) is 25.0 Å². The van der Waals surface area contributed by atoms with Crippen molar-refractivity contribution in [2.45, 2.75) is 19.3 Å². The summed E-state index contributed by atoms with van der Waals surface area (Å²) in [5, 5.41) is 4.73. The van der Waals surface area contributed by atoms with Gasteiger partial charge >= 0.3 is 0 Å². The van der Waals surface area contributed by atoms with Crippen LogP contribution in [0.25, 0.3) is 89.2 Å². The van der Waals surface area contributed by atoms with Gasteiger partial charge in [-0.05, 0) is 40.5 Å². The highest BCUT2D eigenvalue weighted by molar-refractivity contribution is 6.69. The second-order valence-corrected chi connectivity index (χ2v) is 18.8. The summed E-state index contributed by atoms with van der Waals surface area (Å²) in [5.41, 5.74) is 25.6. The first-order valence-electron chi connectivity index (χ1n) is 22.3. The largest absolute Gasteiger partial charge is 0.308 e. The van der Waals surface area contributed by atoms with Crippen LogP contribution in [0.2, 0.25) is 0 Å². The molecule has 0 spiro atoms. The fraction of sp³-hybridized carbons (Fsp3) is 0.0625. The van der Waals surface area contributed by atoms with E-state index >= 15 is 0 Å². The second-order valence-electron chi connectivity index (χ2n) is 18.8. The van der Waals surface area contributed by atoms with Crippen LogP contribution in [-0.4, -0.2) is 103 Å². The zero-order valence-corrected chi connectivity index (χ0v) is 38.6. The molecule has 0 amide bonds. The highest BCUT2D eigenvalue weighted by Crippen LogP contribution is 2.49. The second kappa shape index (κ2) is 13.9. The molecule has 63 heavy (non-hydrogen) atoms. The van der Waals surface area contributed by atoms with Gasteiger partial charge in [0, 0.05) is 43.8 Å². The molecule has 1 aliphatic carbocycles. The third-order valence-corrected chi connectivity index (χ3v) is 15.5. The van der Waals surface area contributed by atoms with Crippen molar-refractivity contribution < 1.29 is 0 Å². The van der Waals surface area contributed by atoms with Crippen LogP contribution in [0.4, 0.5) is 0 Å². The Bertz CT molecular complexity index is 3630. The van der Waals surface area contributed by atoms with Gasteiger partial charge in [-0.15, -0.1) is 21.9 Å². The van der Waals surface area contributed by atoms with E-state index in [0.717, 1.165) is 38.4 Å². The van der Waals surface area contributed by atoms with Gasteiger partial charge in [-0.1, -0.05) is 132 Å². The fourth-order valence-electron chi connectivity index (χ4n) is 11.1. The molecule has 0 unspecified atom stereocenters. The SMILES string of the molecule is Bc1c(B)c(B)c(-c2nc(-c3ccc4c(c3)C(C)(C)c3ccccc3-4)nc(-n3c4ccccc4c4ccc5c6ccccc6n(-c6c(B)c(B)c(B)c(B)c6B)c5c43)n2)c(B)c1B. The lowest BCUT2D eigenvalue weighted by Gasteiger charge is -2.23. The van der Waals surface area contributed by atoms with E-state index < -0.39 is 0 Å². The molecule has 1 aliphatic rings. The van der Waals surface area contributed by atoms with Crippen LogP contribution in [0.5, 0.6) is 0 Å². The average molecular weight is 798 g/mol. The van der Waals surface area contributed by atoms with E-state index in [1.807, 2.05) is 0 Å². The summed E-state index contributed by atoms with van der Waals surface area (Å²) in [6, 6.07) is 37.9. The lowest BCUT2D eigenvalue weighted by Crippen LogP contribution is -2.56. The standard InChI is InChI=1S/C48H43B10N5/c1-48(2)27-12-6-3-9-21(27)22-16-15-20(19-28(22)48)45-59-46(31-32(49)34(51)36(53)35(52)33(31)50)61-47(60-45)63-30-14-8-5-11-24(30)26-18-17-25-23-10-4-7-13-29(23)62(42(25)43(26)63)44-40(57)38(55)37(54)39(56)41(44)58/h3-19H,49-58H2,1-2H3. The molecular formula is C48H43B10N5. The molecule has 11 rings (SSSR count). The smallest absolute Gasteiger partial charge is 0.238 e. The Morgan fingerprint density at radius 2 is 0.889 bits per heavy atom. The molecule has 15 heteroatoms. The van der Waals surface area contributed by atoms with E-state index in [1.54, 1.807) is 0 Å². The maximum Gasteiger partial charge on any atom is 0.238 e. The number of rotatable bonds is 4. The first kappa shape index (κ1) is 39.6. The Balaban J connectivity index is 1.30. The predicted molar refractivity (Wildman–Crippen MR) is 299 cm³/mol. The van der Waals surface area contributed by atoms with Crippen LogP contribution in [-0.2, 0) is 5.41 Å². The van der Waals surface area contributed by atoms with E-state index in [0.29, 0.717) is 17.6 Å². The summed E-state index contributed by atoms with van der Waals surface area (Å²) >= 11 is 0. The molecule has 0 saturated heterocycles. The summed E-state index contributed by atoms with van der Waals surface area (Å²) in [6.45, 7) is 4.67. The Morgan fingerprint density at radius 3 is 1.51 bits per heavy atom. The highest BCUT2D eigenvalue weighted by Gasteiger charge is 2.36. The van der Waals surface area contributed by atoms with Crippen LogP contribution in [0.15, 0.2) is 103 Å². The molecule has 5 nitrogen and oxygen atoms in total. The Hall–Kier alpha value is -6.20. The lowest BCUT2D eigenvalue weighted by molar-refractivity contribution is 0.660. The number of aromatic nitrogens is 5. The van der Waals surface area contributed by atoms with E-state index in [9.17, 15) is 0 Å². The average Bonchev–Trinajstić information content (AvgIpc) is 3.89. The van der Waals surface area contributed by atoms with Gasteiger partial charge in [-0.3, -0.25) is 4.57 Å². The lowest BCUT2D eigenvalue weighted by atomic mass is 9.60. The van der Waals surface area contributed by atoms with Gasteiger partial charge in [0.1, 0.15) is 78.5 Å². The molecule has 0 bridgehead atoms. The summed E-state index contributed by atoms with van der Waals surface area (Å²) in [7, 11) is 22.5. The molecular weight excluding hydrogens is 755 g/mol. The monoisotopic (exact) mass is 799 g/mol. The molecule has 0 fully saturated rings. The van der Waals surface area contributed by atoms with Crippen molar-refractivity contribution in [3.8, 4) is 45.5 Å². The van der Waals surface area contributed by atoms with Crippen LogP contribution in [0, 0.1) is 0 Å². The molecule has 3 aromatic heterocycles. The number of nitrogens with zero attached hydrogens (tertiary/aromatic N) is 5. The molecule has 3 heterocycles. The quantitative estimate of drug-likeness (QED) is 0.167. The molecule has 0 saturated carbocycles. The first-order valence-corrected chi connectivity index (χ1v) is 22.3. The Morgan fingerprint density at radius 1 is 0.413 bits per heavy atom. The third kappa shape index (κ3) is 5.41. The van der Waals surface area contributed by atoms with Gasteiger partial charge in [0.05, 0.1) is 22.1 Å². The number of para-hydroxylation sites is 2. The maximum absolute atomic E-state index is 5.61.